The highest BCUT2D eigenvalue weighted by atomic mass is 32.2. The molecule has 0 amide bonds. The molecule has 0 aliphatic rings. The number of carbonyl (C=O) groups excluding carboxylic acids is 1. The zero-order valence-corrected chi connectivity index (χ0v) is 24.0. The summed E-state index contributed by atoms with van der Waals surface area (Å²) in [5, 5.41) is 5.98. The first-order valence-corrected chi connectivity index (χ1v) is 14.3. The van der Waals surface area contributed by atoms with Crippen LogP contribution in [0.25, 0.3) is 6.08 Å². The van der Waals surface area contributed by atoms with Crippen molar-refractivity contribution in [1.29, 1.82) is 0 Å². The zero-order chi connectivity index (χ0) is 30.1. The number of hydrogen-bond donors (Lipinski definition) is 3. The fourth-order valence-electron chi connectivity index (χ4n) is 3.59. The van der Waals surface area contributed by atoms with Crippen LogP contribution >= 0.6 is 0 Å². The average molecular weight is 592 g/mol. The van der Waals surface area contributed by atoms with E-state index in [4.69, 9.17) is 4.74 Å². The van der Waals surface area contributed by atoms with Crippen molar-refractivity contribution in [1.82, 2.24) is 19.7 Å². The molecule has 3 N–H and O–H groups in total. The molecule has 0 spiro atoms. The highest BCUT2D eigenvalue weighted by Crippen LogP contribution is 2.18. The highest BCUT2D eigenvalue weighted by Gasteiger charge is 2.15. The van der Waals surface area contributed by atoms with E-state index < -0.39 is 10.0 Å². The van der Waals surface area contributed by atoms with Crippen molar-refractivity contribution in [2.45, 2.75) is 4.90 Å². The van der Waals surface area contributed by atoms with E-state index >= 15 is 0 Å². The average Bonchev–Trinajstić information content (AvgIpc) is 2.99. The summed E-state index contributed by atoms with van der Waals surface area (Å²) in [6.45, 7) is 0.218. The Labute approximate surface area is 243 Å². The highest BCUT2D eigenvalue weighted by molar-refractivity contribution is 7.89. The first-order valence-electron chi connectivity index (χ1n) is 12.8. The Morgan fingerprint density at radius 1 is 0.905 bits per heavy atom. The number of anilines is 4. The van der Waals surface area contributed by atoms with Gasteiger partial charge in [-0.1, -0.05) is 18.2 Å². The minimum Gasteiger partial charge on any atom is -0.497 e. The van der Waals surface area contributed by atoms with Crippen molar-refractivity contribution < 1.29 is 22.3 Å². The third kappa shape index (κ3) is 8.32. The van der Waals surface area contributed by atoms with Crippen LogP contribution in [0.15, 0.2) is 83.8 Å². The zero-order valence-electron chi connectivity index (χ0n) is 23.2. The Kier molecular flexibility index (Phi) is 9.78. The summed E-state index contributed by atoms with van der Waals surface area (Å²) in [5.41, 5.74) is 1.78. The van der Waals surface area contributed by atoms with Gasteiger partial charge in [0.1, 0.15) is 11.6 Å². The van der Waals surface area contributed by atoms with Crippen LogP contribution in [-0.4, -0.2) is 63.4 Å². The summed E-state index contributed by atoms with van der Waals surface area (Å²) < 4.78 is 46.4. The summed E-state index contributed by atoms with van der Waals surface area (Å²) in [6.07, 6.45) is 3.11. The van der Waals surface area contributed by atoms with Crippen LogP contribution < -0.4 is 25.0 Å². The topological polar surface area (TPSA) is 138 Å². The lowest BCUT2D eigenvalue weighted by molar-refractivity contribution is 0.104. The molecule has 4 aromatic rings. The van der Waals surface area contributed by atoms with Crippen LogP contribution in [0.3, 0.4) is 0 Å². The molecule has 0 atom stereocenters. The molecule has 3 aromatic carbocycles. The molecule has 0 fully saturated rings. The fourth-order valence-corrected chi connectivity index (χ4v) is 4.62. The molecule has 0 saturated carbocycles. The summed E-state index contributed by atoms with van der Waals surface area (Å²) in [6, 6.07) is 18.7. The first kappa shape index (κ1) is 30.1. The van der Waals surface area contributed by atoms with Gasteiger partial charge < -0.3 is 20.3 Å². The predicted molar refractivity (Wildman–Crippen MR) is 160 cm³/mol. The molecule has 0 radical (unpaired) electrons. The lowest BCUT2D eigenvalue weighted by Gasteiger charge is -2.14. The van der Waals surface area contributed by atoms with Crippen molar-refractivity contribution in [3.8, 4) is 5.75 Å². The fraction of sp³-hybridized carbons (Fsp3) is 0.172. The van der Waals surface area contributed by atoms with Gasteiger partial charge in [-0.25, -0.2) is 17.5 Å². The maximum Gasteiger partial charge on any atom is 0.240 e. The molecule has 218 valence electrons. The number of nitrogens with one attached hydrogen (secondary N) is 3. The molecule has 0 saturated heterocycles. The van der Waals surface area contributed by atoms with E-state index in [9.17, 15) is 17.6 Å². The number of aromatic nitrogens is 3. The Balaban J connectivity index is 1.32. The smallest absolute Gasteiger partial charge is 0.240 e. The lowest BCUT2D eigenvalue weighted by Crippen LogP contribution is -2.29. The number of allylic oxidation sites excluding steroid dienone is 1. The summed E-state index contributed by atoms with van der Waals surface area (Å²) in [5.74, 6) is 0.923. The van der Waals surface area contributed by atoms with Gasteiger partial charge in [-0.15, -0.1) is 0 Å². The van der Waals surface area contributed by atoms with Gasteiger partial charge in [0.15, 0.2) is 5.78 Å². The SMILES string of the molecule is COc1ccc(/C=C/C(=O)c2ccc(S(=O)(=O)NCCNc3nc(Nc4ccc(F)cc4)nc(N(C)C)n3)cc2)cc1. The van der Waals surface area contributed by atoms with Crippen molar-refractivity contribution in [3.63, 3.8) is 0 Å². The van der Waals surface area contributed by atoms with Gasteiger partial charge in [-0.2, -0.15) is 15.0 Å². The Morgan fingerprint density at radius 3 is 2.21 bits per heavy atom. The predicted octanol–water partition coefficient (Wildman–Crippen LogP) is 4.12. The van der Waals surface area contributed by atoms with Crippen LogP contribution in [0.1, 0.15) is 15.9 Å². The minimum absolute atomic E-state index is 0.0269. The molecule has 0 bridgehead atoms. The normalized spacial score (nSPS) is 11.3. The van der Waals surface area contributed by atoms with Crippen molar-refractivity contribution in [2.75, 3.05) is 49.8 Å². The van der Waals surface area contributed by atoms with E-state index in [0.29, 0.717) is 22.9 Å². The molecule has 1 aromatic heterocycles. The van der Waals surface area contributed by atoms with Crippen LogP contribution in [0.4, 0.5) is 27.9 Å². The summed E-state index contributed by atoms with van der Waals surface area (Å²) >= 11 is 0. The number of nitrogens with zero attached hydrogens (tertiary/aromatic N) is 4. The third-order valence-corrected chi connectivity index (χ3v) is 7.29. The third-order valence-electron chi connectivity index (χ3n) is 5.82. The number of carbonyl (C=O) groups is 1. The van der Waals surface area contributed by atoms with E-state index in [1.54, 1.807) is 56.4 Å². The van der Waals surface area contributed by atoms with Crippen LogP contribution in [-0.2, 0) is 10.0 Å². The molecule has 1 heterocycles. The number of ketones is 1. The van der Waals surface area contributed by atoms with E-state index in [1.165, 1.54) is 42.5 Å². The molecule has 0 unspecified atom stereocenters. The molecular weight excluding hydrogens is 561 g/mol. The van der Waals surface area contributed by atoms with Gasteiger partial charge in [-0.05, 0) is 72.3 Å². The van der Waals surface area contributed by atoms with Gasteiger partial charge in [0.2, 0.25) is 27.9 Å². The first-order chi connectivity index (χ1) is 20.1. The van der Waals surface area contributed by atoms with Crippen molar-refractivity contribution in [3.05, 3.63) is 95.8 Å². The number of halogens is 1. The minimum atomic E-state index is -3.83. The van der Waals surface area contributed by atoms with Crippen LogP contribution in [0, 0.1) is 5.82 Å². The Bertz CT molecular complexity index is 1650. The molecule has 0 aliphatic carbocycles. The van der Waals surface area contributed by atoms with Gasteiger partial charge >= 0.3 is 0 Å². The number of methoxy groups -OCH3 is 1. The quantitative estimate of drug-likeness (QED) is 0.118. The number of benzene rings is 3. The molecule has 0 aliphatic heterocycles. The molecule has 4 rings (SSSR count). The number of sulfonamides is 1. The number of ether oxygens (including phenoxy) is 1. The number of hydrogen-bond acceptors (Lipinski definition) is 10. The van der Waals surface area contributed by atoms with Gasteiger partial charge in [0.25, 0.3) is 0 Å². The van der Waals surface area contributed by atoms with E-state index in [2.05, 4.69) is 30.3 Å². The van der Waals surface area contributed by atoms with Gasteiger partial charge in [0, 0.05) is 38.4 Å². The van der Waals surface area contributed by atoms with Gasteiger partial charge in [0.05, 0.1) is 12.0 Å². The monoisotopic (exact) mass is 591 g/mol. The Hall–Kier alpha value is -4.88. The Morgan fingerprint density at radius 2 is 1.57 bits per heavy atom. The maximum atomic E-state index is 13.2. The standard InChI is InChI=1S/C29H30FN7O4S/c1-37(2)29-35-27(34-28(36-29)33-23-11-9-22(30)10-12-23)31-18-19-32-42(39,40)25-15-7-21(8-16-25)26(38)17-6-20-4-13-24(41-3)14-5-20/h4-17,32H,18-19H2,1-3H3,(H2,31,33,34,35,36)/b17-6+. The van der Waals surface area contributed by atoms with Crippen molar-refractivity contribution in [2.24, 2.45) is 0 Å². The second-order valence-electron chi connectivity index (χ2n) is 9.13. The largest absolute Gasteiger partial charge is 0.497 e. The molecule has 13 heteroatoms. The molecule has 11 nitrogen and oxygen atoms in total. The van der Waals surface area contributed by atoms with E-state index in [-0.39, 0.29) is 41.5 Å². The summed E-state index contributed by atoms with van der Waals surface area (Å²) in [4.78, 5) is 27.2. The molecular formula is C29H30FN7O4S. The van der Waals surface area contributed by atoms with Crippen LogP contribution in [0.2, 0.25) is 0 Å². The van der Waals surface area contributed by atoms with Crippen molar-refractivity contribution >= 4 is 45.4 Å². The lowest BCUT2D eigenvalue weighted by atomic mass is 10.1. The van der Waals surface area contributed by atoms with Crippen LogP contribution in [0.5, 0.6) is 5.75 Å². The molecule has 42 heavy (non-hydrogen) atoms. The summed E-state index contributed by atoms with van der Waals surface area (Å²) in [7, 11) is 1.29. The second-order valence-corrected chi connectivity index (χ2v) is 10.9. The maximum absolute atomic E-state index is 13.2. The van der Waals surface area contributed by atoms with E-state index in [0.717, 1.165) is 5.56 Å². The van der Waals surface area contributed by atoms with E-state index in [1.807, 2.05) is 12.1 Å². The van der Waals surface area contributed by atoms with Gasteiger partial charge in [-0.3, -0.25) is 4.79 Å². The number of rotatable bonds is 13. The second kappa shape index (κ2) is 13.7.